The largest absolute Gasteiger partial charge is 0.490 e. The lowest BCUT2D eigenvalue weighted by atomic mass is 10.0. The Labute approximate surface area is 170 Å². The minimum atomic E-state index is 0.0235. The molecule has 1 aliphatic rings. The summed E-state index contributed by atoms with van der Waals surface area (Å²) in [5.74, 6) is 0.870. The Balaban J connectivity index is 1.52. The fourth-order valence-electron chi connectivity index (χ4n) is 3.16. The number of likely N-dealkylation sites (N-methyl/N-ethyl adjacent to an activating group) is 1. The lowest BCUT2D eigenvalue weighted by molar-refractivity contribution is -0.127. The van der Waals surface area contributed by atoms with E-state index >= 15 is 0 Å². The fourth-order valence-corrected chi connectivity index (χ4v) is 3.29. The number of hydrogen-bond donors (Lipinski definition) is 0. The highest BCUT2D eigenvalue weighted by molar-refractivity contribution is 6.30. The van der Waals surface area contributed by atoms with Gasteiger partial charge >= 0.3 is 0 Å². The van der Waals surface area contributed by atoms with Crippen LogP contribution < -0.4 is 4.74 Å². The Kier molecular flexibility index (Phi) is 6.57. The first-order valence-electron chi connectivity index (χ1n) is 9.43. The number of nitrogens with zero attached hydrogens (tertiary/aromatic N) is 2. The van der Waals surface area contributed by atoms with Gasteiger partial charge in [-0.05, 0) is 42.0 Å². The van der Waals surface area contributed by atoms with Gasteiger partial charge in [-0.25, -0.2) is 0 Å². The second-order valence-electron chi connectivity index (χ2n) is 7.23. The quantitative estimate of drug-likeness (QED) is 0.769. The molecule has 0 aromatic heterocycles. The van der Waals surface area contributed by atoms with Crippen LogP contribution in [0.15, 0.2) is 48.5 Å². The van der Waals surface area contributed by atoms with Gasteiger partial charge in [0.05, 0.1) is 6.42 Å². The van der Waals surface area contributed by atoms with Gasteiger partial charge in [0.15, 0.2) is 0 Å². The van der Waals surface area contributed by atoms with Gasteiger partial charge < -0.3 is 14.5 Å². The summed E-state index contributed by atoms with van der Waals surface area (Å²) in [6, 6.07) is 14.7. The maximum Gasteiger partial charge on any atom is 0.253 e. The Morgan fingerprint density at radius 3 is 2.21 bits per heavy atom. The molecule has 2 aromatic carbocycles. The van der Waals surface area contributed by atoms with Crippen molar-refractivity contribution in [3.63, 3.8) is 0 Å². The SMILES string of the molecule is CN(C)C(=O)Cc1ccc(C(=O)N2CCC(Oc3ccc(Cl)cc3)CC2)cc1. The van der Waals surface area contributed by atoms with E-state index in [1.807, 2.05) is 41.3 Å². The Morgan fingerprint density at radius 2 is 1.64 bits per heavy atom. The van der Waals surface area contributed by atoms with Crippen molar-refractivity contribution in [2.45, 2.75) is 25.4 Å². The fraction of sp³-hybridized carbons (Fsp3) is 0.364. The molecule has 0 unspecified atom stereocenters. The van der Waals surface area contributed by atoms with Gasteiger partial charge in [-0.2, -0.15) is 0 Å². The maximum absolute atomic E-state index is 12.7. The number of ether oxygens (including phenoxy) is 1. The van der Waals surface area contributed by atoms with Crippen molar-refractivity contribution in [1.29, 1.82) is 0 Å². The normalized spacial score (nSPS) is 14.6. The van der Waals surface area contributed by atoms with E-state index in [9.17, 15) is 9.59 Å². The molecule has 0 saturated carbocycles. The molecule has 28 heavy (non-hydrogen) atoms. The van der Waals surface area contributed by atoms with Crippen molar-refractivity contribution in [2.75, 3.05) is 27.2 Å². The van der Waals surface area contributed by atoms with Crippen LogP contribution in [0, 0.1) is 0 Å². The Morgan fingerprint density at radius 1 is 1.04 bits per heavy atom. The number of halogens is 1. The predicted molar refractivity (Wildman–Crippen MR) is 110 cm³/mol. The molecule has 1 aliphatic heterocycles. The molecule has 5 nitrogen and oxygen atoms in total. The number of rotatable bonds is 5. The van der Waals surface area contributed by atoms with E-state index in [-0.39, 0.29) is 17.9 Å². The van der Waals surface area contributed by atoms with Crippen molar-refractivity contribution >= 4 is 23.4 Å². The number of amides is 2. The highest BCUT2D eigenvalue weighted by Gasteiger charge is 2.24. The monoisotopic (exact) mass is 400 g/mol. The second kappa shape index (κ2) is 9.11. The van der Waals surface area contributed by atoms with E-state index < -0.39 is 0 Å². The molecule has 0 radical (unpaired) electrons. The molecule has 1 heterocycles. The van der Waals surface area contributed by atoms with Gasteiger partial charge in [-0.1, -0.05) is 23.7 Å². The molecule has 0 aliphatic carbocycles. The summed E-state index contributed by atoms with van der Waals surface area (Å²) in [4.78, 5) is 28.0. The summed E-state index contributed by atoms with van der Waals surface area (Å²) < 4.78 is 5.98. The molecular formula is C22H25ClN2O3. The number of benzene rings is 2. The molecule has 2 amide bonds. The standard InChI is InChI=1S/C22H25ClN2O3/c1-24(2)21(26)15-16-3-5-17(6-4-16)22(27)25-13-11-20(12-14-25)28-19-9-7-18(23)8-10-19/h3-10,20H,11-15H2,1-2H3. The zero-order valence-corrected chi connectivity index (χ0v) is 17.0. The average molecular weight is 401 g/mol. The van der Waals surface area contributed by atoms with Crippen LogP contribution in [0.2, 0.25) is 5.02 Å². The van der Waals surface area contributed by atoms with E-state index in [0.717, 1.165) is 24.2 Å². The van der Waals surface area contributed by atoms with Crippen LogP contribution in [0.1, 0.15) is 28.8 Å². The summed E-state index contributed by atoms with van der Waals surface area (Å²) in [5, 5.41) is 0.685. The first kappa shape index (κ1) is 20.2. The van der Waals surface area contributed by atoms with Crippen LogP contribution in [-0.2, 0) is 11.2 Å². The van der Waals surface area contributed by atoms with Crippen LogP contribution in [-0.4, -0.2) is 54.9 Å². The smallest absolute Gasteiger partial charge is 0.253 e. The molecule has 148 valence electrons. The van der Waals surface area contributed by atoms with Crippen LogP contribution in [0.25, 0.3) is 0 Å². The summed E-state index contributed by atoms with van der Waals surface area (Å²) in [6.07, 6.45) is 2.03. The Bertz CT molecular complexity index is 811. The molecule has 0 N–H and O–H groups in total. The zero-order valence-electron chi connectivity index (χ0n) is 16.2. The summed E-state index contributed by atoms with van der Waals surface area (Å²) >= 11 is 5.90. The van der Waals surface area contributed by atoms with Crippen molar-refractivity contribution in [2.24, 2.45) is 0 Å². The summed E-state index contributed by atoms with van der Waals surface area (Å²) in [5.41, 5.74) is 1.56. The van der Waals surface area contributed by atoms with Crippen molar-refractivity contribution in [1.82, 2.24) is 9.80 Å². The van der Waals surface area contributed by atoms with Gasteiger partial charge in [0.25, 0.3) is 5.91 Å². The van der Waals surface area contributed by atoms with E-state index in [4.69, 9.17) is 16.3 Å². The third-order valence-electron chi connectivity index (χ3n) is 4.90. The Hall–Kier alpha value is -2.53. The number of likely N-dealkylation sites (tertiary alicyclic amines) is 1. The number of carbonyl (C=O) groups is 2. The second-order valence-corrected chi connectivity index (χ2v) is 7.66. The summed E-state index contributed by atoms with van der Waals surface area (Å²) in [7, 11) is 3.47. The first-order chi connectivity index (χ1) is 13.4. The van der Waals surface area contributed by atoms with Gasteiger partial charge in [0.2, 0.25) is 5.91 Å². The molecule has 6 heteroatoms. The molecule has 0 bridgehead atoms. The first-order valence-corrected chi connectivity index (χ1v) is 9.81. The molecule has 0 spiro atoms. The van der Waals surface area contributed by atoms with Gasteiger partial charge in [0.1, 0.15) is 11.9 Å². The van der Waals surface area contributed by atoms with Gasteiger partial charge in [0, 0.05) is 50.6 Å². The number of piperidine rings is 1. The lowest BCUT2D eigenvalue weighted by Gasteiger charge is -2.32. The van der Waals surface area contributed by atoms with Crippen LogP contribution >= 0.6 is 11.6 Å². The predicted octanol–water partition coefficient (Wildman–Crippen LogP) is 3.65. The maximum atomic E-state index is 12.7. The van der Waals surface area contributed by atoms with Gasteiger partial charge in [-0.3, -0.25) is 9.59 Å². The van der Waals surface area contributed by atoms with Gasteiger partial charge in [-0.15, -0.1) is 0 Å². The minimum absolute atomic E-state index is 0.0235. The summed E-state index contributed by atoms with van der Waals surface area (Å²) in [6.45, 7) is 1.33. The third kappa shape index (κ3) is 5.26. The van der Waals surface area contributed by atoms with E-state index in [2.05, 4.69) is 0 Å². The highest BCUT2D eigenvalue weighted by Crippen LogP contribution is 2.22. The molecular weight excluding hydrogens is 376 g/mol. The molecule has 1 saturated heterocycles. The third-order valence-corrected chi connectivity index (χ3v) is 5.15. The van der Waals surface area contributed by atoms with Crippen molar-refractivity contribution < 1.29 is 14.3 Å². The zero-order chi connectivity index (χ0) is 20.1. The average Bonchev–Trinajstić information content (AvgIpc) is 2.70. The number of carbonyl (C=O) groups excluding carboxylic acids is 2. The molecule has 1 fully saturated rings. The minimum Gasteiger partial charge on any atom is -0.490 e. The van der Waals surface area contributed by atoms with Crippen LogP contribution in [0.3, 0.4) is 0 Å². The van der Waals surface area contributed by atoms with Crippen molar-refractivity contribution in [3.05, 3.63) is 64.7 Å². The van der Waals surface area contributed by atoms with Crippen LogP contribution in [0.5, 0.6) is 5.75 Å². The molecule has 0 atom stereocenters. The van der Waals surface area contributed by atoms with Crippen LogP contribution in [0.4, 0.5) is 0 Å². The highest BCUT2D eigenvalue weighted by atomic mass is 35.5. The molecule has 3 rings (SSSR count). The topological polar surface area (TPSA) is 49.9 Å². The number of hydrogen-bond acceptors (Lipinski definition) is 3. The van der Waals surface area contributed by atoms with E-state index in [1.54, 1.807) is 31.1 Å². The lowest BCUT2D eigenvalue weighted by Crippen LogP contribution is -2.41. The van der Waals surface area contributed by atoms with E-state index in [1.165, 1.54) is 0 Å². The van der Waals surface area contributed by atoms with Crippen molar-refractivity contribution in [3.8, 4) is 5.75 Å². The van der Waals surface area contributed by atoms with E-state index in [0.29, 0.717) is 30.1 Å². The molecule has 2 aromatic rings.